The molecule has 0 spiro atoms. The topological polar surface area (TPSA) is 18.5 Å². The Hall–Kier alpha value is -0.575. The predicted octanol–water partition coefficient (Wildman–Crippen LogP) is 4.87. The molecule has 0 bridgehead atoms. The lowest BCUT2D eigenvalue weighted by molar-refractivity contribution is 0.00578. The number of benzene rings is 1. The van der Waals surface area contributed by atoms with Gasteiger partial charge in [-0.2, -0.15) is 0 Å². The molecule has 0 saturated carbocycles. The van der Waals surface area contributed by atoms with E-state index in [1.54, 1.807) is 0 Å². The Morgan fingerprint density at radius 3 is 2.05 bits per heavy atom. The monoisotopic (exact) mass is 336 g/mol. The Bertz CT molecular complexity index is 490. The average molecular weight is 337 g/mol. The summed E-state index contributed by atoms with van der Waals surface area (Å²) in [4.78, 5) is 0. The van der Waals surface area contributed by atoms with Crippen molar-refractivity contribution in [3.05, 3.63) is 40.3 Å². The van der Waals surface area contributed by atoms with Gasteiger partial charge in [-0.05, 0) is 57.4 Å². The Morgan fingerprint density at radius 1 is 1.10 bits per heavy atom. The van der Waals surface area contributed by atoms with Crippen LogP contribution in [-0.4, -0.2) is 18.3 Å². The van der Waals surface area contributed by atoms with Gasteiger partial charge in [0.2, 0.25) is 0 Å². The summed E-state index contributed by atoms with van der Waals surface area (Å²) in [6, 6.07) is 8.35. The van der Waals surface area contributed by atoms with Crippen LogP contribution in [0.25, 0.3) is 5.57 Å². The van der Waals surface area contributed by atoms with Crippen molar-refractivity contribution in [1.29, 1.82) is 0 Å². The lowest BCUT2D eigenvalue weighted by Crippen LogP contribution is -2.41. The largest absolute Gasteiger partial charge is 0.487 e. The van der Waals surface area contributed by atoms with E-state index >= 15 is 0 Å². The van der Waals surface area contributed by atoms with Gasteiger partial charge in [0, 0.05) is 4.47 Å². The fraction of sp³-hybridized carbons (Fsp3) is 0.500. The van der Waals surface area contributed by atoms with Crippen LogP contribution in [0.4, 0.5) is 0 Å². The van der Waals surface area contributed by atoms with Gasteiger partial charge in [0.05, 0.1) is 11.2 Å². The van der Waals surface area contributed by atoms with Crippen LogP contribution in [0.1, 0.15) is 46.6 Å². The third-order valence-electron chi connectivity index (χ3n) is 4.20. The van der Waals surface area contributed by atoms with E-state index in [1.807, 2.05) is 0 Å². The summed E-state index contributed by atoms with van der Waals surface area (Å²) in [6.07, 6.45) is 0.950. The first kappa shape index (κ1) is 15.8. The van der Waals surface area contributed by atoms with Crippen LogP contribution < -0.4 is 0 Å². The highest BCUT2D eigenvalue weighted by Crippen LogP contribution is 2.37. The summed E-state index contributed by atoms with van der Waals surface area (Å²) in [7, 11) is -0.279. The van der Waals surface area contributed by atoms with Crippen LogP contribution in [0.5, 0.6) is 0 Å². The quantitative estimate of drug-likeness (QED) is 0.733. The van der Waals surface area contributed by atoms with Crippen molar-refractivity contribution >= 4 is 28.6 Å². The molecule has 1 fully saturated rings. The van der Waals surface area contributed by atoms with E-state index in [2.05, 4.69) is 80.8 Å². The molecule has 1 aliphatic heterocycles. The highest BCUT2D eigenvalue weighted by atomic mass is 79.9. The average Bonchev–Trinajstić information content (AvgIpc) is 2.56. The zero-order chi connectivity index (χ0) is 15.0. The molecular formula is C16H22BBrO2. The van der Waals surface area contributed by atoms with Crippen molar-refractivity contribution in [2.24, 2.45) is 0 Å². The number of allylic oxidation sites excluding steroid dienone is 1. The van der Waals surface area contributed by atoms with Crippen molar-refractivity contribution in [1.82, 2.24) is 0 Å². The Balaban J connectivity index is 2.23. The molecular weight excluding hydrogens is 315 g/mol. The van der Waals surface area contributed by atoms with Gasteiger partial charge in [0.15, 0.2) is 0 Å². The van der Waals surface area contributed by atoms with Gasteiger partial charge in [0.25, 0.3) is 0 Å². The smallest absolute Gasteiger partial charge is 0.400 e. The molecule has 0 aromatic heterocycles. The number of halogens is 1. The van der Waals surface area contributed by atoms with Crippen molar-refractivity contribution in [3.63, 3.8) is 0 Å². The first-order valence-corrected chi connectivity index (χ1v) is 7.87. The van der Waals surface area contributed by atoms with Crippen molar-refractivity contribution in [2.45, 2.75) is 52.2 Å². The highest BCUT2D eigenvalue weighted by molar-refractivity contribution is 9.10. The SMILES string of the molecule is CC/C(=C/B1OC(C)(C)C(C)(C)O1)c1ccc(Br)cc1. The predicted molar refractivity (Wildman–Crippen MR) is 88.5 cm³/mol. The van der Waals surface area contributed by atoms with Crippen LogP contribution in [-0.2, 0) is 9.31 Å². The van der Waals surface area contributed by atoms with E-state index in [0.29, 0.717) is 0 Å². The third-order valence-corrected chi connectivity index (χ3v) is 4.73. The lowest BCUT2D eigenvalue weighted by Gasteiger charge is -2.32. The van der Waals surface area contributed by atoms with Crippen LogP contribution in [0.15, 0.2) is 34.7 Å². The molecule has 2 rings (SSSR count). The molecule has 0 radical (unpaired) electrons. The highest BCUT2D eigenvalue weighted by Gasteiger charge is 2.50. The molecule has 0 unspecified atom stereocenters. The maximum Gasteiger partial charge on any atom is 0.487 e. The second kappa shape index (κ2) is 5.66. The van der Waals surface area contributed by atoms with Gasteiger partial charge < -0.3 is 9.31 Å². The summed E-state index contributed by atoms with van der Waals surface area (Å²) in [5.41, 5.74) is 1.89. The van der Waals surface area contributed by atoms with Gasteiger partial charge in [0.1, 0.15) is 0 Å². The number of hydrogen-bond donors (Lipinski definition) is 0. The van der Waals surface area contributed by atoms with Crippen molar-refractivity contribution in [3.8, 4) is 0 Å². The first-order valence-electron chi connectivity index (χ1n) is 7.07. The molecule has 1 aromatic carbocycles. The normalized spacial score (nSPS) is 21.3. The summed E-state index contributed by atoms with van der Waals surface area (Å²) >= 11 is 3.47. The minimum Gasteiger partial charge on any atom is -0.400 e. The maximum absolute atomic E-state index is 6.03. The zero-order valence-electron chi connectivity index (χ0n) is 12.9. The van der Waals surface area contributed by atoms with E-state index < -0.39 is 0 Å². The summed E-state index contributed by atoms with van der Waals surface area (Å²) in [6.45, 7) is 10.5. The Kier molecular flexibility index (Phi) is 4.48. The molecule has 0 N–H and O–H groups in total. The fourth-order valence-corrected chi connectivity index (χ4v) is 2.47. The maximum atomic E-state index is 6.03. The van der Waals surface area contributed by atoms with Gasteiger partial charge in [-0.25, -0.2) is 0 Å². The second-order valence-corrected chi connectivity index (χ2v) is 7.09. The zero-order valence-corrected chi connectivity index (χ0v) is 14.5. The fourth-order valence-electron chi connectivity index (χ4n) is 2.20. The van der Waals surface area contributed by atoms with Gasteiger partial charge in [-0.3, -0.25) is 0 Å². The first-order chi connectivity index (χ1) is 9.25. The van der Waals surface area contributed by atoms with E-state index in [-0.39, 0.29) is 18.3 Å². The molecule has 1 aromatic rings. The third kappa shape index (κ3) is 3.18. The minimum atomic E-state index is -0.285. The molecule has 20 heavy (non-hydrogen) atoms. The molecule has 0 atom stereocenters. The molecule has 4 heteroatoms. The molecule has 2 nitrogen and oxygen atoms in total. The summed E-state index contributed by atoms with van der Waals surface area (Å²) < 4.78 is 13.2. The molecule has 0 aliphatic carbocycles. The Labute approximate surface area is 130 Å². The van der Waals surface area contributed by atoms with Crippen LogP contribution in [0.3, 0.4) is 0 Å². The van der Waals surface area contributed by atoms with E-state index in [1.165, 1.54) is 11.1 Å². The minimum absolute atomic E-state index is 0.279. The number of rotatable bonds is 3. The van der Waals surface area contributed by atoms with Gasteiger partial charge in [-0.15, -0.1) is 0 Å². The van der Waals surface area contributed by atoms with Crippen molar-refractivity contribution < 1.29 is 9.31 Å². The molecule has 1 heterocycles. The van der Waals surface area contributed by atoms with Crippen LogP contribution >= 0.6 is 15.9 Å². The van der Waals surface area contributed by atoms with Gasteiger partial charge >= 0.3 is 7.12 Å². The molecule has 1 aliphatic rings. The molecule has 108 valence electrons. The summed E-state index contributed by atoms with van der Waals surface area (Å²) in [5.74, 6) is 2.10. The Morgan fingerprint density at radius 2 is 1.60 bits per heavy atom. The standard InChI is InChI=1S/C16H22BBrO2/c1-6-12(13-7-9-14(18)10-8-13)11-17-19-15(2,3)16(4,5)20-17/h7-11H,6H2,1-5H3/b12-11-. The van der Waals surface area contributed by atoms with E-state index in [0.717, 1.165) is 10.9 Å². The van der Waals surface area contributed by atoms with Gasteiger partial charge in [-0.1, -0.05) is 41.0 Å². The second-order valence-electron chi connectivity index (χ2n) is 6.18. The van der Waals surface area contributed by atoms with Crippen molar-refractivity contribution in [2.75, 3.05) is 0 Å². The van der Waals surface area contributed by atoms with E-state index in [4.69, 9.17) is 9.31 Å². The lowest BCUT2D eigenvalue weighted by atomic mass is 9.84. The molecule has 1 saturated heterocycles. The number of hydrogen-bond acceptors (Lipinski definition) is 2. The molecule has 0 amide bonds. The van der Waals surface area contributed by atoms with E-state index in [9.17, 15) is 0 Å². The summed E-state index contributed by atoms with van der Waals surface area (Å²) in [5, 5.41) is 0. The van der Waals surface area contributed by atoms with Crippen LogP contribution in [0, 0.1) is 0 Å². The van der Waals surface area contributed by atoms with Crippen LogP contribution in [0.2, 0.25) is 0 Å².